The van der Waals surface area contributed by atoms with E-state index in [-0.39, 0.29) is 29.1 Å². The fraction of sp³-hybridized carbons (Fsp3) is 0.529. The van der Waals surface area contributed by atoms with E-state index in [9.17, 15) is 14.4 Å². The summed E-state index contributed by atoms with van der Waals surface area (Å²) < 4.78 is 0. The van der Waals surface area contributed by atoms with Gasteiger partial charge in [0.25, 0.3) is 5.91 Å². The molecule has 0 aliphatic carbocycles. The highest BCUT2D eigenvalue weighted by Crippen LogP contribution is 2.14. The summed E-state index contributed by atoms with van der Waals surface area (Å²) in [6, 6.07) is 2.74. The summed E-state index contributed by atoms with van der Waals surface area (Å²) in [6.45, 7) is 5.30. The Morgan fingerprint density at radius 2 is 2.00 bits per heavy atom. The molecular formula is C17H23N3O4. The van der Waals surface area contributed by atoms with Crippen LogP contribution in [0.25, 0.3) is 0 Å². The minimum absolute atomic E-state index is 0.0120. The molecule has 2 N–H and O–H groups in total. The third kappa shape index (κ3) is 4.78. The summed E-state index contributed by atoms with van der Waals surface area (Å²) in [7, 11) is 0. The molecule has 0 aromatic carbocycles. The van der Waals surface area contributed by atoms with Gasteiger partial charge in [-0.1, -0.05) is 13.8 Å². The standard InChI is InChI=1S/C17H23N3O4/c1-11(2)9-15(21)20-7-4-13(5-8-20)19-16(22)12-3-6-18-14(10-12)17(23)24/h3,6,10-11,13H,4-5,7-9H2,1-2H3,(H,19,22)(H,23,24). The lowest BCUT2D eigenvalue weighted by atomic mass is 10.0. The third-order valence-electron chi connectivity index (χ3n) is 4.01. The van der Waals surface area contributed by atoms with Crippen LogP contribution in [0.5, 0.6) is 0 Å². The van der Waals surface area contributed by atoms with Crippen LogP contribution in [0.1, 0.15) is 54.0 Å². The molecule has 1 saturated heterocycles. The Hall–Kier alpha value is -2.44. The second kappa shape index (κ2) is 7.90. The Kier molecular flexibility index (Phi) is 5.89. The predicted octanol–water partition coefficient (Wildman–Crippen LogP) is 1.55. The zero-order chi connectivity index (χ0) is 17.7. The number of nitrogens with one attached hydrogen (secondary N) is 1. The number of carbonyl (C=O) groups is 3. The quantitative estimate of drug-likeness (QED) is 0.851. The molecule has 24 heavy (non-hydrogen) atoms. The SMILES string of the molecule is CC(C)CC(=O)N1CCC(NC(=O)c2ccnc(C(=O)O)c2)CC1. The number of likely N-dealkylation sites (tertiary alicyclic amines) is 1. The number of carbonyl (C=O) groups excluding carboxylic acids is 2. The maximum Gasteiger partial charge on any atom is 0.354 e. The molecule has 0 spiro atoms. The molecule has 1 aliphatic heterocycles. The molecular weight excluding hydrogens is 310 g/mol. The van der Waals surface area contributed by atoms with E-state index in [0.717, 1.165) is 0 Å². The first-order valence-electron chi connectivity index (χ1n) is 8.14. The van der Waals surface area contributed by atoms with Gasteiger partial charge >= 0.3 is 5.97 Å². The molecule has 130 valence electrons. The smallest absolute Gasteiger partial charge is 0.354 e. The normalized spacial score (nSPS) is 15.4. The molecule has 1 aromatic heterocycles. The van der Waals surface area contributed by atoms with Crippen molar-refractivity contribution in [3.05, 3.63) is 29.6 Å². The number of aromatic nitrogens is 1. The largest absolute Gasteiger partial charge is 0.477 e. The summed E-state index contributed by atoms with van der Waals surface area (Å²) in [4.78, 5) is 40.7. The van der Waals surface area contributed by atoms with Gasteiger partial charge < -0.3 is 15.3 Å². The topological polar surface area (TPSA) is 99.6 Å². The Bertz CT molecular complexity index is 622. The van der Waals surface area contributed by atoms with E-state index < -0.39 is 5.97 Å². The first-order valence-corrected chi connectivity index (χ1v) is 8.14. The zero-order valence-electron chi connectivity index (χ0n) is 14.0. The van der Waals surface area contributed by atoms with Crippen molar-refractivity contribution < 1.29 is 19.5 Å². The van der Waals surface area contributed by atoms with Crippen molar-refractivity contribution in [2.24, 2.45) is 5.92 Å². The van der Waals surface area contributed by atoms with Crippen molar-refractivity contribution in [2.75, 3.05) is 13.1 Å². The van der Waals surface area contributed by atoms with Crippen molar-refractivity contribution in [3.8, 4) is 0 Å². The van der Waals surface area contributed by atoms with E-state index in [2.05, 4.69) is 10.3 Å². The van der Waals surface area contributed by atoms with Crippen molar-refractivity contribution in [3.63, 3.8) is 0 Å². The van der Waals surface area contributed by atoms with Crippen molar-refractivity contribution in [1.29, 1.82) is 0 Å². The molecule has 1 aliphatic rings. The van der Waals surface area contributed by atoms with E-state index >= 15 is 0 Å². The van der Waals surface area contributed by atoms with Crippen molar-refractivity contribution in [2.45, 2.75) is 39.2 Å². The van der Waals surface area contributed by atoms with Crippen LogP contribution in [-0.2, 0) is 4.79 Å². The highest BCUT2D eigenvalue weighted by molar-refractivity contribution is 5.96. The lowest BCUT2D eigenvalue weighted by Gasteiger charge is -2.32. The average molecular weight is 333 g/mol. The van der Waals surface area contributed by atoms with Gasteiger partial charge in [0.05, 0.1) is 0 Å². The summed E-state index contributed by atoms with van der Waals surface area (Å²) in [5.74, 6) is -0.978. The molecule has 7 heteroatoms. The first kappa shape index (κ1) is 17.9. The molecule has 0 atom stereocenters. The fourth-order valence-corrected chi connectivity index (χ4v) is 2.71. The van der Waals surface area contributed by atoms with Gasteiger partial charge in [0.1, 0.15) is 5.69 Å². The molecule has 0 unspecified atom stereocenters. The Balaban J connectivity index is 1.87. The van der Waals surface area contributed by atoms with Crippen LogP contribution in [0, 0.1) is 5.92 Å². The minimum Gasteiger partial charge on any atom is -0.477 e. The number of piperidine rings is 1. The van der Waals surface area contributed by atoms with Gasteiger partial charge in [-0.05, 0) is 30.9 Å². The van der Waals surface area contributed by atoms with Gasteiger partial charge in [0, 0.05) is 37.3 Å². The molecule has 0 bridgehead atoms. The van der Waals surface area contributed by atoms with E-state index in [0.29, 0.717) is 38.3 Å². The average Bonchev–Trinajstić information content (AvgIpc) is 2.55. The maximum atomic E-state index is 12.2. The number of nitrogens with zero attached hydrogens (tertiary/aromatic N) is 2. The van der Waals surface area contributed by atoms with Crippen LogP contribution < -0.4 is 5.32 Å². The zero-order valence-corrected chi connectivity index (χ0v) is 14.0. The monoisotopic (exact) mass is 333 g/mol. The van der Waals surface area contributed by atoms with Crippen molar-refractivity contribution >= 4 is 17.8 Å². The van der Waals surface area contributed by atoms with Gasteiger partial charge in [-0.15, -0.1) is 0 Å². The van der Waals surface area contributed by atoms with Crippen LogP contribution >= 0.6 is 0 Å². The van der Waals surface area contributed by atoms with Gasteiger partial charge in [-0.2, -0.15) is 0 Å². The number of rotatable bonds is 5. The van der Waals surface area contributed by atoms with Gasteiger partial charge in [-0.25, -0.2) is 9.78 Å². The minimum atomic E-state index is -1.17. The third-order valence-corrected chi connectivity index (χ3v) is 4.01. The van der Waals surface area contributed by atoms with Gasteiger partial charge in [0.15, 0.2) is 0 Å². The highest BCUT2D eigenvalue weighted by Gasteiger charge is 2.24. The van der Waals surface area contributed by atoms with E-state index in [1.807, 2.05) is 18.7 Å². The highest BCUT2D eigenvalue weighted by atomic mass is 16.4. The van der Waals surface area contributed by atoms with Crippen LogP contribution in [-0.4, -0.2) is 51.9 Å². The lowest BCUT2D eigenvalue weighted by Crippen LogP contribution is -2.46. The predicted molar refractivity (Wildman–Crippen MR) is 87.7 cm³/mol. The molecule has 2 rings (SSSR count). The van der Waals surface area contributed by atoms with Crippen LogP contribution in [0.15, 0.2) is 18.3 Å². The summed E-state index contributed by atoms with van der Waals surface area (Å²) in [6.07, 6.45) is 3.26. The molecule has 7 nitrogen and oxygen atoms in total. The number of hydrogen-bond donors (Lipinski definition) is 2. The van der Waals surface area contributed by atoms with Gasteiger partial charge in [0.2, 0.25) is 5.91 Å². The summed E-state index contributed by atoms with van der Waals surface area (Å²) >= 11 is 0. The van der Waals surface area contributed by atoms with Crippen LogP contribution in [0.4, 0.5) is 0 Å². The number of carboxylic acid groups (broad SMARTS) is 1. The fourth-order valence-electron chi connectivity index (χ4n) is 2.71. The number of carboxylic acids is 1. The van der Waals surface area contributed by atoms with Crippen molar-refractivity contribution in [1.82, 2.24) is 15.2 Å². The van der Waals surface area contributed by atoms with E-state index in [4.69, 9.17) is 5.11 Å². The number of amides is 2. The summed E-state index contributed by atoms with van der Waals surface area (Å²) in [5.41, 5.74) is 0.123. The second-order valence-corrected chi connectivity index (χ2v) is 6.46. The van der Waals surface area contributed by atoms with E-state index in [1.165, 1.54) is 18.3 Å². The molecule has 1 fully saturated rings. The molecule has 2 amide bonds. The summed E-state index contributed by atoms with van der Waals surface area (Å²) in [5, 5.41) is 11.8. The maximum absolute atomic E-state index is 12.2. The Morgan fingerprint density at radius 3 is 2.58 bits per heavy atom. The molecule has 0 saturated carbocycles. The number of aromatic carboxylic acids is 1. The molecule has 1 aromatic rings. The molecule has 0 radical (unpaired) electrons. The van der Waals surface area contributed by atoms with Gasteiger partial charge in [-0.3, -0.25) is 9.59 Å². The Labute approximate surface area is 141 Å². The molecule has 2 heterocycles. The second-order valence-electron chi connectivity index (χ2n) is 6.46. The number of hydrogen-bond acceptors (Lipinski definition) is 4. The van der Waals surface area contributed by atoms with Crippen LogP contribution in [0.2, 0.25) is 0 Å². The Morgan fingerprint density at radius 1 is 1.33 bits per heavy atom. The first-order chi connectivity index (χ1) is 11.4. The van der Waals surface area contributed by atoms with Crippen LogP contribution in [0.3, 0.4) is 0 Å². The lowest BCUT2D eigenvalue weighted by molar-refractivity contribution is -0.133. The number of pyridine rings is 1. The van der Waals surface area contributed by atoms with E-state index in [1.54, 1.807) is 0 Å².